The molecule has 2 aliphatic rings. The van der Waals surface area contributed by atoms with Gasteiger partial charge in [-0.25, -0.2) is 4.99 Å². The summed E-state index contributed by atoms with van der Waals surface area (Å²) in [4.78, 5) is 16.9. The van der Waals surface area contributed by atoms with Crippen molar-refractivity contribution in [3.8, 4) is 0 Å². The van der Waals surface area contributed by atoms with Crippen LogP contribution in [-0.4, -0.2) is 48.4 Å². The number of aliphatic hydroxyl groups is 1. The van der Waals surface area contributed by atoms with E-state index < -0.39 is 0 Å². The number of benzene rings is 1. The predicted molar refractivity (Wildman–Crippen MR) is 126 cm³/mol. The molecule has 1 heterocycles. The second kappa shape index (κ2) is 12.3. The van der Waals surface area contributed by atoms with Crippen LogP contribution in [0.4, 0.5) is 5.69 Å². The molecule has 0 bridgehead atoms. The van der Waals surface area contributed by atoms with Gasteiger partial charge < -0.3 is 25.8 Å². The van der Waals surface area contributed by atoms with E-state index in [1.807, 2.05) is 31.2 Å². The average molecular weight is 516 g/mol. The smallest absolute Gasteiger partial charge is 0.253 e. The molecular weight excluding hydrogens is 483 g/mol. The van der Waals surface area contributed by atoms with E-state index in [1.54, 1.807) is 0 Å². The first-order valence-electron chi connectivity index (χ1n) is 10.4. The maximum atomic E-state index is 12.2. The van der Waals surface area contributed by atoms with E-state index in [1.165, 1.54) is 0 Å². The van der Waals surface area contributed by atoms with Crippen molar-refractivity contribution in [1.82, 2.24) is 10.6 Å². The van der Waals surface area contributed by atoms with Gasteiger partial charge >= 0.3 is 0 Å². The van der Waals surface area contributed by atoms with Crippen LogP contribution in [0, 0.1) is 0 Å². The van der Waals surface area contributed by atoms with E-state index in [0.29, 0.717) is 19.2 Å². The van der Waals surface area contributed by atoms with Gasteiger partial charge in [0, 0.05) is 24.9 Å². The summed E-state index contributed by atoms with van der Waals surface area (Å²) < 4.78 is 5.44. The molecule has 2 fully saturated rings. The molecule has 0 spiro atoms. The van der Waals surface area contributed by atoms with Gasteiger partial charge in [-0.2, -0.15) is 0 Å². The third kappa shape index (κ3) is 7.75. The molecule has 162 valence electrons. The molecule has 4 N–H and O–H groups in total. The fraction of sp³-hybridized carbons (Fsp3) is 0.619. The molecule has 1 aromatic carbocycles. The normalized spacial score (nSPS) is 24.5. The molecule has 1 aliphatic heterocycles. The van der Waals surface area contributed by atoms with Gasteiger partial charge in [0.15, 0.2) is 5.96 Å². The lowest BCUT2D eigenvalue weighted by Crippen LogP contribution is -2.45. The van der Waals surface area contributed by atoms with Crippen molar-refractivity contribution in [1.29, 1.82) is 0 Å². The summed E-state index contributed by atoms with van der Waals surface area (Å²) in [6.45, 7) is 4.02. The van der Waals surface area contributed by atoms with E-state index in [9.17, 15) is 9.90 Å². The first kappa shape index (κ1) is 23.9. The predicted octanol–water partition coefficient (Wildman–Crippen LogP) is 2.78. The Hall–Kier alpha value is -1.39. The summed E-state index contributed by atoms with van der Waals surface area (Å²) >= 11 is 0. The van der Waals surface area contributed by atoms with Crippen LogP contribution in [0.25, 0.3) is 0 Å². The van der Waals surface area contributed by atoms with Crippen molar-refractivity contribution in [2.24, 2.45) is 4.99 Å². The summed E-state index contributed by atoms with van der Waals surface area (Å²) in [6.07, 6.45) is 4.81. The van der Waals surface area contributed by atoms with Crippen LogP contribution in [0.5, 0.6) is 0 Å². The highest BCUT2D eigenvalue weighted by molar-refractivity contribution is 14.0. The van der Waals surface area contributed by atoms with Crippen LogP contribution in [0.15, 0.2) is 29.3 Å². The number of ether oxygens (including phenoxy) is 1. The zero-order chi connectivity index (χ0) is 19.8. The Labute approximate surface area is 190 Å². The van der Waals surface area contributed by atoms with E-state index in [-0.39, 0.29) is 42.1 Å². The van der Waals surface area contributed by atoms with E-state index >= 15 is 0 Å². The van der Waals surface area contributed by atoms with E-state index in [0.717, 1.165) is 62.3 Å². The second-order valence-electron chi connectivity index (χ2n) is 7.54. The minimum atomic E-state index is -0.333. The largest absolute Gasteiger partial charge is 0.393 e. The summed E-state index contributed by atoms with van der Waals surface area (Å²) in [5, 5.41) is 19.4. The number of anilines is 1. The first-order chi connectivity index (χ1) is 13.6. The lowest BCUT2D eigenvalue weighted by Gasteiger charge is -2.27. The van der Waals surface area contributed by atoms with Crippen LogP contribution in [0.3, 0.4) is 0 Å². The molecule has 1 aliphatic carbocycles. The molecule has 0 aromatic heterocycles. The minimum Gasteiger partial charge on any atom is -0.393 e. The van der Waals surface area contributed by atoms with Gasteiger partial charge in [-0.1, -0.05) is 12.1 Å². The highest BCUT2D eigenvalue weighted by Gasteiger charge is 2.23. The molecule has 1 saturated carbocycles. The number of aliphatic hydroxyl groups excluding tert-OH is 1. The number of aliphatic imine (C=N–C) groups is 1. The standard InChI is InChI=1S/C21H32N4O3.HI/c1-2-22-21(25-16-8-10-18(26)11-9-16)23-14-15-5-3-6-17(13-15)24-20(27)19-7-4-12-28-19;/h3,5-6,13,16,18-19,26H,2,4,7-12,14H2,1H3,(H,24,27)(H2,22,23,25);1H. The molecule has 1 saturated heterocycles. The molecular formula is C21H33IN4O3. The molecule has 1 atom stereocenters. The Morgan fingerprint density at radius 2 is 2.03 bits per heavy atom. The van der Waals surface area contributed by atoms with Crippen LogP contribution in [0.2, 0.25) is 0 Å². The Morgan fingerprint density at radius 1 is 1.24 bits per heavy atom. The van der Waals surface area contributed by atoms with Crippen LogP contribution >= 0.6 is 24.0 Å². The fourth-order valence-corrected chi connectivity index (χ4v) is 3.66. The van der Waals surface area contributed by atoms with Gasteiger partial charge in [-0.3, -0.25) is 4.79 Å². The van der Waals surface area contributed by atoms with Crippen LogP contribution < -0.4 is 16.0 Å². The van der Waals surface area contributed by atoms with Crippen molar-refractivity contribution >= 4 is 41.5 Å². The van der Waals surface area contributed by atoms with Crippen molar-refractivity contribution in [3.05, 3.63) is 29.8 Å². The highest BCUT2D eigenvalue weighted by atomic mass is 127. The van der Waals surface area contributed by atoms with Gasteiger partial charge in [-0.15, -0.1) is 24.0 Å². The van der Waals surface area contributed by atoms with Gasteiger partial charge in [-0.05, 0) is 63.1 Å². The topological polar surface area (TPSA) is 95.0 Å². The van der Waals surface area contributed by atoms with Crippen molar-refractivity contribution in [3.63, 3.8) is 0 Å². The highest BCUT2D eigenvalue weighted by Crippen LogP contribution is 2.19. The van der Waals surface area contributed by atoms with Gasteiger partial charge in [0.1, 0.15) is 6.10 Å². The molecule has 1 aromatic rings. The monoisotopic (exact) mass is 516 g/mol. The number of nitrogens with one attached hydrogen (secondary N) is 3. The van der Waals surface area contributed by atoms with Gasteiger partial charge in [0.2, 0.25) is 0 Å². The summed E-state index contributed by atoms with van der Waals surface area (Å²) in [5.41, 5.74) is 1.80. The molecule has 0 radical (unpaired) electrons. The average Bonchev–Trinajstić information content (AvgIpc) is 3.23. The third-order valence-corrected chi connectivity index (χ3v) is 5.22. The van der Waals surface area contributed by atoms with Crippen molar-refractivity contribution in [2.45, 2.75) is 70.2 Å². The number of guanidine groups is 1. The molecule has 1 unspecified atom stereocenters. The van der Waals surface area contributed by atoms with E-state index in [4.69, 9.17) is 4.74 Å². The van der Waals surface area contributed by atoms with Gasteiger partial charge in [0.25, 0.3) is 5.91 Å². The van der Waals surface area contributed by atoms with Crippen molar-refractivity contribution < 1.29 is 14.6 Å². The number of rotatable bonds is 6. The lowest BCUT2D eigenvalue weighted by molar-refractivity contribution is -0.124. The summed E-state index contributed by atoms with van der Waals surface area (Å²) in [7, 11) is 0. The maximum Gasteiger partial charge on any atom is 0.253 e. The Bertz CT molecular complexity index is 672. The molecule has 1 amide bonds. The Morgan fingerprint density at radius 3 is 2.72 bits per heavy atom. The third-order valence-electron chi connectivity index (χ3n) is 5.22. The first-order valence-corrected chi connectivity index (χ1v) is 10.4. The second-order valence-corrected chi connectivity index (χ2v) is 7.54. The number of carbonyl (C=O) groups excluding carboxylic acids is 1. The fourth-order valence-electron chi connectivity index (χ4n) is 3.66. The number of carbonyl (C=O) groups is 1. The quantitative estimate of drug-likeness (QED) is 0.265. The minimum absolute atomic E-state index is 0. The van der Waals surface area contributed by atoms with Gasteiger partial charge in [0.05, 0.1) is 12.6 Å². The number of amides is 1. The van der Waals surface area contributed by atoms with Crippen LogP contribution in [-0.2, 0) is 16.1 Å². The number of hydrogen-bond acceptors (Lipinski definition) is 4. The molecule has 7 nitrogen and oxygen atoms in total. The summed E-state index contributed by atoms with van der Waals surface area (Å²) in [5.74, 6) is 0.713. The zero-order valence-corrected chi connectivity index (χ0v) is 19.4. The Balaban J connectivity index is 0.00000300. The number of nitrogens with zero attached hydrogens (tertiary/aromatic N) is 1. The molecule has 29 heavy (non-hydrogen) atoms. The zero-order valence-electron chi connectivity index (χ0n) is 17.0. The van der Waals surface area contributed by atoms with E-state index in [2.05, 4.69) is 20.9 Å². The summed E-state index contributed by atoms with van der Waals surface area (Å²) in [6, 6.07) is 8.12. The number of hydrogen-bond donors (Lipinski definition) is 4. The van der Waals surface area contributed by atoms with Crippen molar-refractivity contribution in [2.75, 3.05) is 18.5 Å². The van der Waals surface area contributed by atoms with Crippen LogP contribution in [0.1, 0.15) is 51.0 Å². The molecule has 8 heteroatoms. The Kier molecular flexibility index (Phi) is 10.2. The molecule has 3 rings (SSSR count). The maximum absolute atomic E-state index is 12.2. The number of halogens is 1. The lowest BCUT2D eigenvalue weighted by atomic mass is 9.93. The SMILES string of the molecule is CCNC(=NCc1cccc(NC(=O)C2CCCO2)c1)NC1CCC(O)CC1.I.